The zero-order valence-corrected chi connectivity index (χ0v) is 27.7. The number of amides is 2. The highest BCUT2D eigenvalue weighted by Crippen LogP contribution is 2.29. The topological polar surface area (TPSA) is 96.0 Å². The summed E-state index contributed by atoms with van der Waals surface area (Å²) in [6, 6.07) is 16.3. The Balaban J connectivity index is 1.72. The first-order valence-electron chi connectivity index (χ1n) is 14.5. The Morgan fingerprint density at radius 2 is 1.66 bits per heavy atom. The van der Waals surface area contributed by atoms with E-state index < -0.39 is 28.5 Å². The highest BCUT2D eigenvalue weighted by atomic mass is 35.5. The number of anilines is 1. The molecule has 236 valence electrons. The number of methoxy groups -OCH3 is 1. The number of benzene rings is 3. The molecule has 3 aromatic carbocycles. The maximum Gasteiger partial charge on any atom is 0.264 e. The molecule has 8 nitrogen and oxygen atoms in total. The molecule has 1 saturated carbocycles. The van der Waals surface area contributed by atoms with Crippen LogP contribution in [0.2, 0.25) is 15.1 Å². The predicted octanol–water partition coefficient (Wildman–Crippen LogP) is 7.11. The number of rotatable bonds is 12. The number of nitrogens with zero attached hydrogens (tertiary/aromatic N) is 2. The van der Waals surface area contributed by atoms with Gasteiger partial charge in [-0.2, -0.15) is 0 Å². The first-order chi connectivity index (χ1) is 21.0. The maximum atomic E-state index is 14.3. The van der Waals surface area contributed by atoms with Crippen LogP contribution in [0.5, 0.6) is 5.75 Å². The van der Waals surface area contributed by atoms with E-state index in [0.717, 1.165) is 36.4 Å². The van der Waals surface area contributed by atoms with E-state index in [2.05, 4.69) is 5.32 Å². The van der Waals surface area contributed by atoms with Crippen molar-refractivity contribution in [1.29, 1.82) is 0 Å². The molecule has 1 atom stereocenters. The molecule has 0 heterocycles. The summed E-state index contributed by atoms with van der Waals surface area (Å²) in [4.78, 5) is 29.3. The number of carbonyl (C=O) groups excluding carboxylic acids is 2. The fourth-order valence-electron chi connectivity index (χ4n) is 5.33. The van der Waals surface area contributed by atoms with Gasteiger partial charge in [-0.05, 0) is 79.4 Å². The lowest BCUT2D eigenvalue weighted by Gasteiger charge is -2.34. The summed E-state index contributed by atoms with van der Waals surface area (Å²) in [7, 11) is -2.77. The molecule has 0 spiro atoms. The SMILES string of the molecule is CCC(C(=O)NC1CCCCC1)N(Cc1ccc(Cl)c(Cl)c1)C(=O)CN(c1cccc(Cl)c1)S(=O)(=O)c1ccc(OC)cc1. The Bertz CT molecular complexity index is 1560. The molecule has 1 fully saturated rings. The number of nitrogens with one attached hydrogen (secondary N) is 1. The van der Waals surface area contributed by atoms with Gasteiger partial charge < -0.3 is 15.0 Å². The average Bonchev–Trinajstić information content (AvgIpc) is 3.01. The lowest BCUT2D eigenvalue weighted by molar-refractivity contribution is -0.140. The summed E-state index contributed by atoms with van der Waals surface area (Å²) in [5.41, 5.74) is 0.847. The smallest absolute Gasteiger partial charge is 0.264 e. The molecule has 12 heteroatoms. The summed E-state index contributed by atoms with van der Waals surface area (Å²) in [6.07, 6.45) is 5.27. The Morgan fingerprint density at radius 3 is 2.27 bits per heavy atom. The number of hydrogen-bond acceptors (Lipinski definition) is 5. The molecule has 1 aliphatic rings. The molecule has 2 amide bonds. The molecular formula is C32H36Cl3N3O5S. The van der Waals surface area contributed by atoms with Gasteiger partial charge in [0.25, 0.3) is 10.0 Å². The fourth-order valence-corrected chi connectivity index (χ4v) is 7.24. The summed E-state index contributed by atoms with van der Waals surface area (Å²) in [5.74, 6) is -0.365. The third-order valence-corrected chi connectivity index (χ3v) is 10.5. The van der Waals surface area contributed by atoms with Gasteiger partial charge in [0.2, 0.25) is 11.8 Å². The van der Waals surface area contributed by atoms with Crippen LogP contribution < -0.4 is 14.4 Å². The van der Waals surface area contributed by atoms with E-state index >= 15 is 0 Å². The van der Waals surface area contributed by atoms with Gasteiger partial charge in [-0.1, -0.05) is 73.1 Å². The molecule has 0 bridgehead atoms. The van der Waals surface area contributed by atoms with Crippen molar-refractivity contribution < 1.29 is 22.7 Å². The molecule has 0 aliphatic heterocycles. The van der Waals surface area contributed by atoms with E-state index in [9.17, 15) is 18.0 Å². The second-order valence-electron chi connectivity index (χ2n) is 10.7. The lowest BCUT2D eigenvalue weighted by atomic mass is 9.95. The number of carbonyl (C=O) groups is 2. The van der Waals surface area contributed by atoms with E-state index in [-0.39, 0.29) is 29.1 Å². The summed E-state index contributed by atoms with van der Waals surface area (Å²) in [6.45, 7) is 1.25. The summed E-state index contributed by atoms with van der Waals surface area (Å²) < 4.78 is 34.3. The third-order valence-electron chi connectivity index (χ3n) is 7.70. The fraction of sp³-hybridized carbons (Fsp3) is 0.375. The van der Waals surface area contributed by atoms with Crippen LogP contribution in [0.3, 0.4) is 0 Å². The van der Waals surface area contributed by atoms with Crippen LogP contribution in [0.4, 0.5) is 5.69 Å². The third kappa shape index (κ3) is 8.38. The van der Waals surface area contributed by atoms with Crippen LogP contribution in [-0.2, 0) is 26.2 Å². The molecule has 3 aromatic rings. The van der Waals surface area contributed by atoms with Crippen molar-refractivity contribution in [2.75, 3.05) is 18.0 Å². The van der Waals surface area contributed by atoms with Crippen LogP contribution >= 0.6 is 34.8 Å². The van der Waals surface area contributed by atoms with Crippen LogP contribution in [0, 0.1) is 0 Å². The molecule has 44 heavy (non-hydrogen) atoms. The Morgan fingerprint density at radius 1 is 0.955 bits per heavy atom. The van der Waals surface area contributed by atoms with Crippen molar-refractivity contribution in [3.63, 3.8) is 0 Å². The zero-order valence-electron chi connectivity index (χ0n) is 24.6. The van der Waals surface area contributed by atoms with Crippen molar-refractivity contribution in [2.45, 2.75) is 69.0 Å². The van der Waals surface area contributed by atoms with Crippen LogP contribution in [0.1, 0.15) is 51.0 Å². The zero-order chi connectivity index (χ0) is 31.9. The second kappa shape index (κ2) is 15.3. The summed E-state index contributed by atoms with van der Waals surface area (Å²) >= 11 is 18.7. The van der Waals surface area contributed by atoms with Crippen molar-refractivity contribution in [2.24, 2.45) is 0 Å². The second-order valence-corrected chi connectivity index (χ2v) is 13.8. The van der Waals surface area contributed by atoms with Gasteiger partial charge >= 0.3 is 0 Å². The Kier molecular flexibility index (Phi) is 11.8. The van der Waals surface area contributed by atoms with E-state index in [0.29, 0.717) is 32.8 Å². The van der Waals surface area contributed by atoms with Gasteiger partial charge in [-0.15, -0.1) is 0 Å². The highest BCUT2D eigenvalue weighted by Gasteiger charge is 2.34. The molecule has 0 saturated heterocycles. The molecular weight excluding hydrogens is 645 g/mol. The molecule has 4 rings (SSSR count). The van der Waals surface area contributed by atoms with E-state index in [1.54, 1.807) is 36.4 Å². The lowest BCUT2D eigenvalue weighted by Crippen LogP contribution is -2.54. The van der Waals surface area contributed by atoms with Crippen molar-refractivity contribution in [3.8, 4) is 5.75 Å². The summed E-state index contributed by atoms with van der Waals surface area (Å²) in [5, 5.41) is 4.09. The Labute approximate surface area is 274 Å². The number of hydrogen-bond donors (Lipinski definition) is 1. The van der Waals surface area contributed by atoms with Gasteiger partial charge in [0.05, 0.1) is 27.7 Å². The van der Waals surface area contributed by atoms with E-state index in [1.165, 1.54) is 42.3 Å². The standard InChI is InChI=1S/C32H36Cl3N3O5S/c1-3-30(32(40)36-24-9-5-4-6-10-24)37(20-22-12-17-28(34)29(35)18-22)31(39)21-38(25-11-7-8-23(33)19-25)44(41,42)27-15-13-26(43-2)14-16-27/h7-8,11-19,24,30H,3-6,9-10,20-21H2,1-2H3,(H,36,40). The largest absolute Gasteiger partial charge is 0.497 e. The minimum Gasteiger partial charge on any atom is -0.497 e. The quantitative estimate of drug-likeness (QED) is 0.220. The Hall–Kier alpha value is -2.98. The number of halogens is 3. The average molecular weight is 681 g/mol. The van der Waals surface area contributed by atoms with Crippen LogP contribution in [0.25, 0.3) is 0 Å². The minimum atomic E-state index is -4.25. The van der Waals surface area contributed by atoms with E-state index in [1.807, 2.05) is 6.92 Å². The van der Waals surface area contributed by atoms with Gasteiger partial charge in [-0.25, -0.2) is 8.42 Å². The van der Waals surface area contributed by atoms with Gasteiger partial charge in [0, 0.05) is 17.6 Å². The molecule has 1 N–H and O–H groups in total. The van der Waals surface area contributed by atoms with Crippen molar-refractivity contribution >= 4 is 62.3 Å². The van der Waals surface area contributed by atoms with Gasteiger partial charge in [-0.3, -0.25) is 13.9 Å². The van der Waals surface area contributed by atoms with E-state index in [4.69, 9.17) is 39.5 Å². The normalized spacial score (nSPS) is 14.5. The predicted molar refractivity (Wildman–Crippen MR) is 175 cm³/mol. The van der Waals surface area contributed by atoms with Gasteiger partial charge in [0.15, 0.2) is 0 Å². The highest BCUT2D eigenvalue weighted by molar-refractivity contribution is 7.92. The van der Waals surface area contributed by atoms with Crippen molar-refractivity contribution in [3.05, 3.63) is 87.4 Å². The number of ether oxygens (including phenoxy) is 1. The molecule has 1 aliphatic carbocycles. The number of sulfonamides is 1. The maximum absolute atomic E-state index is 14.3. The minimum absolute atomic E-state index is 0.0122. The monoisotopic (exact) mass is 679 g/mol. The van der Waals surface area contributed by atoms with Crippen LogP contribution in [0.15, 0.2) is 71.6 Å². The molecule has 0 radical (unpaired) electrons. The first kappa shape index (κ1) is 33.9. The van der Waals surface area contributed by atoms with Gasteiger partial charge in [0.1, 0.15) is 18.3 Å². The van der Waals surface area contributed by atoms with Crippen LogP contribution in [-0.4, -0.2) is 50.9 Å². The molecule has 1 unspecified atom stereocenters. The molecule has 0 aromatic heterocycles. The first-order valence-corrected chi connectivity index (χ1v) is 17.1. The van der Waals surface area contributed by atoms with Crippen molar-refractivity contribution in [1.82, 2.24) is 10.2 Å².